The van der Waals surface area contributed by atoms with E-state index in [1.807, 2.05) is 44.2 Å². The van der Waals surface area contributed by atoms with Crippen molar-refractivity contribution in [2.45, 2.75) is 44.4 Å². The highest BCUT2D eigenvalue weighted by Gasteiger charge is 2.11. The van der Waals surface area contributed by atoms with Crippen LogP contribution in [0, 0.1) is 0 Å². The van der Waals surface area contributed by atoms with Gasteiger partial charge in [-0.15, -0.1) is 11.8 Å². The molecule has 2 aromatic rings. The van der Waals surface area contributed by atoms with Crippen LogP contribution in [0.15, 0.2) is 68.2 Å². The number of aliphatic imine (C=N–C) groups is 2. The fourth-order valence-electron chi connectivity index (χ4n) is 2.69. The fourth-order valence-corrected chi connectivity index (χ4v) is 3.70. The number of thioether (sulfide) groups is 1. The molecule has 31 heavy (non-hydrogen) atoms. The first-order chi connectivity index (χ1) is 14.8. The number of benzene rings is 2. The number of nitrogens with one attached hydrogen (secondary N) is 2. The minimum absolute atomic E-state index is 0.349. The first-order valence-corrected chi connectivity index (χ1v) is 11.2. The number of halogens is 1. The van der Waals surface area contributed by atoms with E-state index in [4.69, 9.17) is 22.1 Å². The molecule has 4 N–H and O–H groups in total. The van der Waals surface area contributed by atoms with Crippen LogP contribution in [0.5, 0.6) is 5.75 Å². The van der Waals surface area contributed by atoms with Crippen LogP contribution in [0.2, 0.25) is 0 Å². The molecule has 166 valence electrons. The number of nitrogen functional groups attached to an aromatic ring is 1. The number of allylic oxidation sites excluding steroid dienone is 1. The third-order valence-corrected chi connectivity index (χ3v) is 5.32. The Morgan fingerprint density at radius 1 is 1.26 bits per heavy atom. The molecule has 0 aliphatic heterocycles. The van der Waals surface area contributed by atoms with E-state index in [9.17, 15) is 0 Å². The molecule has 0 amide bonds. The topological polar surface area (TPSA) is 84.0 Å². The van der Waals surface area contributed by atoms with E-state index in [1.165, 1.54) is 0 Å². The molecule has 0 radical (unpaired) electrons. The average Bonchev–Trinajstić information content (AvgIpc) is 2.72. The van der Waals surface area contributed by atoms with Crippen molar-refractivity contribution >= 4 is 46.9 Å². The van der Waals surface area contributed by atoms with Crippen LogP contribution in [0.1, 0.15) is 33.3 Å². The Balaban J connectivity index is 2.27. The molecule has 0 saturated carbocycles. The minimum atomic E-state index is 0.349. The summed E-state index contributed by atoms with van der Waals surface area (Å²) < 4.78 is 5.41. The lowest BCUT2D eigenvalue weighted by Gasteiger charge is -2.17. The van der Waals surface area contributed by atoms with Crippen molar-refractivity contribution in [1.29, 1.82) is 0 Å². The number of methoxy groups -OCH3 is 1. The third kappa shape index (κ3) is 7.84. The number of nitrogens with two attached hydrogens (primary N) is 1. The van der Waals surface area contributed by atoms with Crippen LogP contribution < -0.4 is 21.1 Å². The normalized spacial score (nSPS) is 12.8. The zero-order chi connectivity index (χ0) is 22.8. The molecule has 0 aliphatic carbocycles. The van der Waals surface area contributed by atoms with Gasteiger partial charge in [0.25, 0.3) is 0 Å². The van der Waals surface area contributed by atoms with Gasteiger partial charge in [-0.1, -0.05) is 37.6 Å². The van der Waals surface area contributed by atoms with E-state index in [1.54, 1.807) is 31.2 Å². The van der Waals surface area contributed by atoms with E-state index >= 15 is 0 Å². The number of anilines is 2. The number of rotatable bonds is 8. The van der Waals surface area contributed by atoms with Crippen LogP contribution in [-0.2, 0) is 6.54 Å². The number of nitrogens with zero attached hydrogens (tertiary/aromatic N) is 2. The Labute approximate surface area is 194 Å². The van der Waals surface area contributed by atoms with E-state index in [2.05, 4.69) is 40.5 Å². The monoisotopic (exact) mass is 459 g/mol. The van der Waals surface area contributed by atoms with Crippen LogP contribution >= 0.6 is 23.4 Å². The van der Waals surface area contributed by atoms with Crippen molar-refractivity contribution in [3.05, 3.63) is 58.9 Å². The zero-order valence-corrected chi connectivity index (χ0v) is 20.1. The predicted octanol–water partition coefficient (Wildman–Crippen LogP) is 5.85. The van der Waals surface area contributed by atoms with Crippen molar-refractivity contribution < 1.29 is 4.74 Å². The lowest BCUT2D eigenvalue weighted by Crippen LogP contribution is -2.27. The lowest BCUT2D eigenvalue weighted by atomic mass is 10.2. The molecule has 0 heterocycles. The molecular formula is C23H30ClN5OS. The summed E-state index contributed by atoms with van der Waals surface area (Å²) in [6.45, 7) is 8.31. The van der Waals surface area contributed by atoms with Gasteiger partial charge in [0.05, 0.1) is 24.4 Å². The van der Waals surface area contributed by atoms with Crippen molar-refractivity contribution in [1.82, 2.24) is 5.32 Å². The summed E-state index contributed by atoms with van der Waals surface area (Å²) in [5, 5.41) is 7.61. The Bertz CT molecular complexity index is 968. The number of ether oxygens (including phenoxy) is 1. The molecule has 0 aliphatic rings. The molecule has 6 nitrogen and oxygen atoms in total. The SMILES string of the molecule is C/C=N\C(=NCc1cc(N)ccc1OC)N/C(Nc1ccccc1SC(C)C)=C(\C)Cl. The highest BCUT2D eigenvalue weighted by Crippen LogP contribution is 2.31. The predicted molar refractivity (Wildman–Crippen MR) is 135 cm³/mol. The van der Waals surface area contributed by atoms with Gasteiger partial charge < -0.3 is 21.1 Å². The maximum Gasteiger partial charge on any atom is 0.223 e. The van der Waals surface area contributed by atoms with Gasteiger partial charge in [0, 0.05) is 27.6 Å². The number of guanidine groups is 1. The quantitative estimate of drug-likeness (QED) is 0.199. The van der Waals surface area contributed by atoms with E-state index in [0.29, 0.717) is 34.3 Å². The molecule has 0 fully saturated rings. The van der Waals surface area contributed by atoms with Gasteiger partial charge in [-0.2, -0.15) is 0 Å². The Hall–Kier alpha value is -2.64. The first-order valence-electron chi connectivity index (χ1n) is 9.95. The number of para-hydroxylation sites is 1. The van der Waals surface area contributed by atoms with E-state index in [-0.39, 0.29) is 0 Å². The molecule has 2 rings (SSSR count). The highest BCUT2D eigenvalue weighted by molar-refractivity contribution is 8.00. The van der Waals surface area contributed by atoms with Gasteiger partial charge in [0.15, 0.2) is 0 Å². The molecule has 0 spiro atoms. The molecule has 0 atom stereocenters. The van der Waals surface area contributed by atoms with Gasteiger partial charge >= 0.3 is 0 Å². The molecule has 2 aromatic carbocycles. The molecule has 0 aromatic heterocycles. The summed E-state index contributed by atoms with van der Waals surface area (Å²) in [5.41, 5.74) is 8.39. The zero-order valence-electron chi connectivity index (χ0n) is 18.6. The average molecular weight is 460 g/mol. The Kier molecular flexibility index (Phi) is 9.75. The smallest absolute Gasteiger partial charge is 0.223 e. The molecular weight excluding hydrogens is 430 g/mol. The maximum absolute atomic E-state index is 6.39. The molecule has 0 saturated heterocycles. The molecule has 8 heteroatoms. The fraction of sp³-hybridized carbons (Fsp3) is 0.304. The summed E-state index contributed by atoms with van der Waals surface area (Å²) in [6, 6.07) is 13.6. The van der Waals surface area contributed by atoms with Crippen molar-refractivity contribution in [2.75, 3.05) is 18.2 Å². The van der Waals surface area contributed by atoms with E-state index in [0.717, 1.165) is 21.9 Å². The largest absolute Gasteiger partial charge is 0.496 e. The summed E-state index contributed by atoms with van der Waals surface area (Å²) in [7, 11) is 1.62. The summed E-state index contributed by atoms with van der Waals surface area (Å²) in [5.74, 6) is 1.76. The maximum atomic E-state index is 6.39. The Morgan fingerprint density at radius 3 is 2.65 bits per heavy atom. The van der Waals surface area contributed by atoms with Crippen LogP contribution in [0.25, 0.3) is 0 Å². The second-order valence-electron chi connectivity index (χ2n) is 6.92. The Morgan fingerprint density at radius 2 is 2.00 bits per heavy atom. The second-order valence-corrected chi connectivity index (χ2v) is 9.10. The van der Waals surface area contributed by atoms with Crippen LogP contribution in [-0.4, -0.2) is 24.5 Å². The van der Waals surface area contributed by atoms with Crippen molar-refractivity contribution in [2.24, 2.45) is 9.98 Å². The first kappa shape index (κ1) is 24.6. The van der Waals surface area contributed by atoms with Crippen LogP contribution in [0.3, 0.4) is 0 Å². The van der Waals surface area contributed by atoms with Crippen molar-refractivity contribution in [3.63, 3.8) is 0 Å². The van der Waals surface area contributed by atoms with Gasteiger partial charge in [0.2, 0.25) is 5.96 Å². The van der Waals surface area contributed by atoms with E-state index < -0.39 is 0 Å². The van der Waals surface area contributed by atoms with Gasteiger partial charge in [-0.3, -0.25) is 0 Å². The summed E-state index contributed by atoms with van der Waals surface area (Å²) in [6.07, 6.45) is 1.67. The van der Waals surface area contributed by atoms with Crippen molar-refractivity contribution in [3.8, 4) is 5.75 Å². The standard InChI is InChI=1S/C23H30ClN5OS/c1-6-26-23(27-14-17-13-18(25)11-12-20(17)30-5)29-22(16(4)24)28-19-9-7-8-10-21(19)31-15(2)3/h6-13,15,28H,14,25H2,1-5H3,(H,27,29)/b22-16+,26-6-. The molecule has 0 unspecified atom stereocenters. The number of hydrogen-bond donors (Lipinski definition) is 3. The summed E-state index contributed by atoms with van der Waals surface area (Å²) in [4.78, 5) is 10.1. The third-order valence-electron chi connectivity index (χ3n) is 4.05. The van der Waals surface area contributed by atoms with Gasteiger partial charge in [-0.05, 0) is 44.2 Å². The minimum Gasteiger partial charge on any atom is -0.496 e. The second kappa shape index (κ2) is 12.3. The van der Waals surface area contributed by atoms with Gasteiger partial charge in [-0.25, -0.2) is 9.98 Å². The highest BCUT2D eigenvalue weighted by atomic mass is 35.5. The lowest BCUT2D eigenvalue weighted by molar-refractivity contribution is 0.410. The van der Waals surface area contributed by atoms with Crippen LogP contribution in [0.4, 0.5) is 11.4 Å². The number of hydrogen-bond acceptors (Lipinski definition) is 5. The molecule has 0 bridgehead atoms. The summed E-state index contributed by atoms with van der Waals surface area (Å²) >= 11 is 8.17. The van der Waals surface area contributed by atoms with Gasteiger partial charge in [0.1, 0.15) is 11.6 Å².